The topological polar surface area (TPSA) is 49.0 Å². The van der Waals surface area contributed by atoms with Gasteiger partial charge in [-0.25, -0.2) is 4.39 Å². The Labute approximate surface area is 181 Å². The van der Waals surface area contributed by atoms with Crippen molar-refractivity contribution < 1.29 is 35.5 Å². The first-order valence-corrected chi connectivity index (χ1v) is 9.25. The van der Waals surface area contributed by atoms with Crippen LogP contribution in [0.3, 0.4) is 0 Å². The van der Waals surface area contributed by atoms with Crippen LogP contribution in [0.4, 0.5) is 42.1 Å². The third kappa shape index (κ3) is 4.38. The van der Waals surface area contributed by atoms with Crippen molar-refractivity contribution in [2.45, 2.75) is 12.4 Å². The van der Waals surface area contributed by atoms with E-state index in [1.807, 2.05) is 0 Å². The number of anilines is 2. The lowest BCUT2D eigenvalue weighted by atomic mass is 10.1. The third-order valence-corrected chi connectivity index (χ3v) is 4.90. The molecule has 1 N–H and O–H groups in total. The highest BCUT2D eigenvalue weighted by atomic mass is 19.4. The van der Waals surface area contributed by atoms with Gasteiger partial charge in [-0.1, -0.05) is 0 Å². The highest BCUT2D eigenvalue weighted by Crippen LogP contribution is 2.40. The SMILES string of the molecule is O=CN(c1cc(C(F)(F)F)cc(C(F)(F)F)c1)c1ccc2[nH]nc(-c3ccc(F)cc3)c2c1. The van der Waals surface area contributed by atoms with Crippen molar-refractivity contribution in [1.82, 2.24) is 10.2 Å². The van der Waals surface area contributed by atoms with Crippen molar-refractivity contribution in [2.75, 3.05) is 4.90 Å². The molecule has 1 heterocycles. The van der Waals surface area contributed by atoms with Crippen LogP contribution in [0.15, 0.2) is 60.7 Å². The molecule has 0 aliphatic carbocycles. The number of hydrogen-bond donors (Lipinski definition) is 1. The second-order valence-corrected chi connectivity index (χ2v) is 7.05. The smallest absolute Gasteiger partial charge is 0.284 e. The number of aromatic amines is 1. The maximum atomic E-state index is 13.2. The number of amides is 1. The number of benzene rings is 3. The van der Waals surface area contributed by atoms with Gasteiger partial charge in [0.05, 0.1) is 22.3 Å². The predicted molar refractivity (Wildman–Crippen MR) is 106 cm³/mol. The van der Waals surface area contributed by atoms with Gasteiger partial charge in [0.15, 0.2) is 0 Å². The van der Waals surface area contributed by atoms with Crippen molar-refractivity contribution in [1.29, 1.82) is 0 Å². The summed E-state index contributed by atoms with van der Waals surface area (Å²) in [5.74, 6) is -0.476. The van der Waals surface area contributed by atoms with Crippen LogP contribution in [0.5, 0.6) is 0 Å². The predicted octanol–water partition coefficient (Wildman–Crippen LogP) is 6.70. The van der Waals surface area contributed by atoms with Crippen LogP contribution in [-0.4, -0.2) is 16.6 Å². The van der Waals surface area contributed by atoms with Crippen LogP contribution < -0.4 is 4.90 Å². The summed E-state index contributed by atoms with van der Waals surface area (Å²) < 4.78 is 92.6. The fraction of sp³-hybridized carbons (Fsp3) is 0.0909. The van der Waals surface area contributed by atoms with Crippen LogP contribution in [0.25, 0.3) is 22.2 Å². The molecule has 33 heavy (non-hydrogen) atoms. The van der Waals surface area contributed by atoms with Crippen molar-refractivity contribution in [3.63, 3.8) is 0 Å². The van der Waals surface area contributed by atoms with Crippen molar-refractivity contribution in [3.8, 4) is 11.3 Å². The second kappa shape index (κ2) is 7.91. The molecule has 0 fully saturated rings. The lowest BCUT2D eigenvalue weighted by Crippen LogP contribution is -2.18. The molecule has 170 valence electrons. The minimum Gasteiger partial charge on any atom is -0.284 e. The molecule has 0 bridgehead atoms. The summed E-state index contributed by atoms with van der Waals surface area (Å²) in [6, 6.07) is 10.4. The lowest BCUT2D eigenvalue weighted by Gasteiger charge is -2.21. The number of aromatic nitrogens is 2. The average Bonchev–Trinajstić information content (AvgIpc) is 3.17. The quantitative estimate of drug-likeness (QED) is 0.268. The van der Waals surface area contributed by atoms with E-state index in [-0.39, 0.29) is 18.2 Å². The number of carbonyl (C=O) groups excluding carboxylic acids is 1. The van der Waals surface area contributed by atoms with E-state index in [9.17, 15) is 35.5 Å². The van der Waals surface area contributed by atoms with Crippen LogP contribution in [0.1, 0.15) is 11.1 Å². The van der Waals surface area contributed by atoms with Gasteiger partial charge in [-0.15, -0.1) is 0 Å². The molecule has 1 amide bonds. The second-order valence-electron chi connectivity index (χ2n) is 7.05. The molecule has 4 rings (SSSR count). The minimum atomic E-state index is -5.06. The summed E-state index contributed by atoms with van der Waals surface area (Å²) in [6.45, 7) is 0. The van der Waals surface area contributed by atoms with Crippen LogP contribution in [0.2, 0.25) is 0 Å². The Morgan fingerprint density at radius 1 is 0.788 bits per heavy atom. The molecule has 0 saturated carbocycles. The highest BCUT2D eigenvalue weighted by Gasteiger charge is 2.37. The number of rotatable bonds is 4. The van der Waals surface area contributed by atoms with Gasteiger partial charge in [-0.3, -0.25) is 14.8 Å². The fourth-order valence-electron chi connectivity index (χ4n) is 3.33. The Hall–Kier alpha value is -3.89. The zero-order valence-corrected chi connectivity index (χ0v) is 16.3. The maximum absolute atomic E-state index is 13.2. The normalized spacial score (nSPS) is 12.2. The van der Waals surface area contributed by atoms with Gasteiger partial charge < -0.3 is 0 Å². The Kier molecular flexibility index (Phi) is 5.35. The molecule has 11 heteroatoms. The van der Waals surface area contributed by atoms with Crippen molar-refractivity contribution in [2.24, 2.45) is 0 Å². The number of nitrogens with zero attached hydrogens (tertiary/aromatic N) is 2. The molecule has 3 aromatic carbocycles. The molecule has 0 aliphatic rings. The molecular formula is C22H12F7N3O. The van der Waals surface area contributed by atoms with Crippen LogP contribution in [-0.2, 0) is 17.1 Å². The first-order chi connectivity index (χ1) is 15.5. The molecule has 1 aromatic heterocycles. The van der Waals surface area contributed by atoms with E-state index in [0.717, 1.165) is 0 Å². The summed E-state index contributed by atoms with van der Waals surface area (Å²) in [7, 11) is 0. The summed E-state index contributed by atoms with van der Waals surface area (Å²) in [5, 5.41) is 7.30. The zero-order valence-electron chi connectivity index (χ0n) is 16.3. The molecule has 4 aromatic rings. The van der Waals surface area contributed by atoms with Gasteiger partial charge in [0.1, 0.15) is 5.82 Å². The molecule has 0 atom stereocenters. The van der Waals surface area contributed by atoms with Crippen LogP contribution in [0, 0.1) is 5.82 Å². The Balaban J connectivity index is 1.85. The molecular weight excluding hydrogens is 455 g/mol. The number of halogens is 7. The van der Waals surface area contributed by atoms with Crippen LogP contribution >= 0.6 is 0 Å². The first-order valence-electron chi connectivity index (χ1n) is 9.25. The van der Waals surface area contributed by atoms with Crippen molar-refractivity contribution in [3.05, 3.63) is 77.6 Å². The van der Waals surface area contributed by atoms with E-state index < -0.39 is 35.0 Å². The molecule has 4 nitrogen and oxygen atoms in total. The maximum Gasteiger partial charge on any atom is 0.416 e. The first kappa shape index (κ1) is 22.3. The van der Waals surface area contributed by atoms with Gasteiger partial charge in [0, 0.05) is 22.3 Å². The molecule has 0 aliphatic heterocycles. The lowest BCUT2D eigenvalue weighted by molar-refractivity contribution is -0.143. The fourth-order valence-corrected chi connectivity index (χ4v) is 3.33. The Bertz CT molecular complexity index is 1290. The van der Waals surface area contributed by atoms with Gasteiger partial charge in [0.2, 0.25) is 6.41 Å². The van der Waals surface area contributed by atoms with E-state index in [0.29, 0.717) is 39.2 Å². The molecule has 0 saturated heterocycles. The van der Waals surface area contributed by atoms with Gasteiger partial charge >= 0.3 is 12.4 Å². The number of hydrogen-bond acceptors (Lipinski definition) is 2. The number of alkyl halides is 6. The largest absolute Gasteiger partial charge is 0.416 e. The molecule has 0 spiro atoms. The van der Waals surface area contributed by atoms with E-state index in [2.05, 4.69) is 10.2 Å². The van der Waals surface area contributed by atoms with E-state index in [1.54, 1.807) is 0 Å². The van der Waals surface area contributed by atoms with E-state index in [4.69, 9.17) is 0 Å². The average molecular weight is 467 g/mol. The summed E-state index contributed by atoms with van der Waals surface area (Å²) >= 11 is 0. The van der Waals surface area contributed by atoms with Crippen molar-refractivity contribution >= 4 is 28.7 Å². The number of nitrogens with one attached hydrogen (secondary N) is 1. The standard InChI is InChI=1S/C22H12F7N3O/c23-15-3-1-12(2-4-15)20-18-10-16(5-6-19(18)30-31-20)32(11-33)17-8-13(21(24,25)26)7-14(9-17)22(27,28)29/h1-11H,(H,30,31). The number of H-pyrrole nitrogens is 1. The zero-order chi connectivity index (χ0) is 24.0. The Morgan fingerprint density at radius 3 is 1.94 bits per heavy atom. The summed E-state index contributed by atoms with van der Waals surface area (Å²) in [5.41, 5.74) is -2.34. The highest BCUT2D eigenvalue weighted by molar-refractivity contribution is 5.98. The summed E-state index contributed by atoms with van der Waals surface area (Å²) in [6.07, 6.45) is -10.0. The van der Waals surface area contributed by atoms with E-state index >= 15 is 0 Å². The monoisotopic (exact) mass is 467 g/mol. The van der Waals surface area contributed by atoms with Gasteiger partial charge in [-0.2, -0.15) is 31.4 Å². The molecule has 0 unspecified atom stereocenters. The minimum absolute atomic E-state index is 0.00899. The third-order valence-electron chi connectivity index (χ3n) is 4.90. The van der Waals surface area contributed by atoms with E-state index in [1.165, 1.54) is 42.5 Å². The number of carbonyl (C=O) groups is 1. The van der Waals surface area contributed by atoms with Gasteiger partial charge in [-0.05, 0) is 60.7 Å². The number of fused-ring (bicyclic) bond motifs is 1. The van der Waals surface area contributed by atoms with Gasteiger partial charge in [0.25, 0.3) is 0 Å². The Morgan fingerprint density at radius 2 is 1.39 bits per heavy atom. The molecule has 0 radical (unpaired) electrons. The summed E-state index contributed by atoms with van der Waals surface area (Å²) in [4.78, 5) is 12.5.